The van der Waals surface area contributed by atoms with Gasteiger partial charge in [0.2, 0.25) is 0 Å². The van der Waals surface area contributed by atoms with Gasteiger partial charge in [-0.2, -0.15) is 5.26 Å². The van der Waals surface area contributed by atoms with Crippen molar-refractivity contribution in [3.05, 3.63) is 58.9 Å². The van der Waals surface area contributed by atoms with Crippen molar-refractivity contribution in [2.75, 3.05) is 18.0 Å². The average molecular weight is 280 g/mol. The van der Waals surface area contributed by atoms with Crippen LogP contribution in [-0.4, -0.2) is 18.1 Å². The Kier molecular flexibility index (Phi) is 4.91. The van der Waals surface area contributed by atoms with Gasteiger partial charge in [0.15, 0.2) is 0 Å². The summed E-state index contributed by atoms with van der Waals surface area (Å²) in [6.45, 7) is 5.79. The van der Waals surface area contributed by atoms with Crippen molar-refractivity contribution in [1.82, 2.24) is 4.98 Å². The van der Waals surface area contributed by atoms with Crippen LogP contribution in [0.1, 0.15) is 22.5 Å². The molecule has 0 saturated heterocycles. The summed E-state index contributed by atoms with van der Waals surface area (Å²) in [5.74, 6) is 0. The molecule has 0 saturated carbocycles. The van der Waals surface area contributed by atoms with Gasteiger partial charge >= 0.3 is 0 Å². The van der Waals surface area contributed by atoms with Crippen LogP contribution in [0.3, 0.4) is 0 Å². The van der Waals surface area contributed by atoms with Gasteiger partial charge in [-0.3, -0.25) is 4.98 Å². The van der Waals surface area contributed by atoms with E-state index in [-0.39, 0.29) is 0 Å². The molecule has 4 nitrogen and oxygen atoms in total. The Labute approximate surface area is 125 Å². The fourth-order valence-electron chi connectivity index (χ4n) is 2.44. The molecule has 0 spiro atoms. The van der Waals surface area contributed by atoms with E-state index in [1.807, 2.05) is 38.1 Å². The Morgan fingerprint density at radius 1 is 1.24 bits per heavy atom. The molecule has 0 aliphatic rings. The molecule has 108 valence electrons. The lowest BCUT2D eigenvalue weighted by Gasteiger charge is -2.26. The van der Waals surface area contributed by atoms with Crippen molar-refractivity contribution in [2.24, 2.45) is 5.73 Å². The zero-order chi connectivity index (χ0) is 15.2. The minimum atomic E-state index is 0.540. The minimum Gasteiger partial charge on any atom is -0.365 e. The summed E-state index contributed by atoms with van der Waals surface area (Å²) < 4.78 is 0. The highest BCUT2D eigenvalue weighted by atomic mass is 15.1. The Morgan fingerprint density at radius 2 is 1.95 bits per heavy atom. The molecule has 2 aromatic rings. The normalized spacial score (nSPS) is 10.2. The molecule has 2 rings (SSSR count). The summed E-state index contributed by atoms with van der Waals surface area (Å²) >= 11 is 0. The summed E-state index contributed by atoms with van der Waals surface area (Å²) in [6.07, 6.45) is 0. The molecule has 0 radical (unpaired) electrons. The number of benzene rings is 1. The third-order valence-electron chi connectivity index (χ3n) is 3.38. The third kappa shape index (κ3) is 3.59. The van der Waals surface area contributed by atoms with Crippen LogP contribution in [0.5, 0.6) is 0 Å². The standard InChI is InChI=1S/C17H20N4/c1-13-10-17(16(11-19)14(2)20-13)21(9-8-18)12-15-6-4-3-5-7-15/h3-7,10H,8-9,12,18H2,1-2H3. The Bertz CT molecular complexity index is 644. The van der Waals surface area contributed by atoms with Gasteiger partial charge in [0, 0.05) is 25.3 Å². The SMILES string of the molecule is Cc1cc(N(CCN)Cc2ccccc2)c(C#N)c(C)n1. The van der Waals surface area contributed by atoms with E-state index in [0.29, 0.717) is 18.7 Å². The summed E-state index contributed by atoms with van der Waals surface area (Å²) in [5, 5.41) is 9.43. The number of hydrogen-bond donors (Lipinski definition) is 1. The predicted molar refractivity (Wildman–Crippen MR) is 85.0 cm³/mol. The van der Waals surface area contributed by atoms with Crippen molar-refractivity contribution in [1.29, 1.82) is 5.26 Å². The first-order valence-corrected chi connectivity index (χ1v) is 7.03. The fraction of sp³-hybridized carbons (Fsp3) is 0.294. The van der Waals surface area contributed by atoms with Crippen molar-refractivity contribution >= 4 is 5.69 Å². The first-order chi connectivity index (χ1) is 10.2. The van der Waals surface area contributed by atoms with E-state index >= 15 is 0 Å². The predicted octanol–water partition coefficient (Wildman–Crippen LogP) is 2.54. The van der Waals surface area contributed by atoms with Crippen LogP contribution in [0.4, 0.5) is 5.69 Å². The van der Waals surface area contributed by atoms with E-state index in [1.165, 1.54) is 5.56 Å². The molecular weight excluding hydrogens is 260 g/mol. The Hall–Kier alpha value is -2.38. The van der Waals surface area contributed by atoms with Gasteiger partial charge in [-0.05, 0) is 25.5 Å². The largest absolute Gasteiger partial charge is 0.365 e. The van der Waals surface area contributed by atoms with Crippen LogP contribution in [0, 0.1) is 25.2 Å². The molecule has 0 fully saturated rings. The molecule has 1 aromatic carbocycles. The maximum Gasteiger partial charge on any atom is 0.103 e. The monoisotopic (exact) mass is 280 g/mol. The second-order valence-electron chi connectivity index (χ2n) is 5.05. The van der Waals surface area contributed by atoms with Gasteiger partial charge < -0.3 is 10.6 Å². The molecule has 0 unspecified atom stereocenters. The van der Waals surface area contributed by atoms with Gasteiger partial charge in [-0.25, -0.2) is 0 Å². The number of nitrogens with zero attached hydrogens (tertiary/aromatic N) is 3. The number of nitrogens with two attached hydrogens (primary N) is 1. The Balaban J connectivity index is 2.41. The second kappa shape index (κ2) is 6.87. The van der Waals surface area contributed by atoms with E-state index in [9.17, 15) is 5.26 Å². The molecule has 0 atom stereocenters. The molecule has 1 aromatic heterocycles. The van der Waals surface area contributed by atoms with Crippen molar-refractivity contribution in [3.63, 3.8) is 0 Å². The first kappa shape index (κ1) is 15.0. The highest BCUT2D eigenvalue weighted by Gasteiger charge is 2.15. The van der Waals surface area contributed by atoms with Gasteiger partial charge in [0.1, 0.15) is 6.07 Å². The lowest BCUT2D eigenvalue weighted by atomic mass is 10.1. The average Bonchev–Trinajstić information content (AvgIpc) is 2.47. The van der Waals surface area contributed by atoms with Gasteiger partial charge in [0.05, 0.1) is 16.9 Å². The van der Waals surface area contributed by atoms with Crippen LogP contribution in [0.15, 0.2) is 36.4 Å². The summed E-state index contributed by atoms with van der Waals surface area (Å²) in [5.41, 5.74) is 10.2. The zero-order valence-corrected chi connectivity index (χ0v) is 12.5. The highest BCUT2D eigenvalue weighted by molar-refractivity contribution is 5.61. The molecule has 1 heterocycles. The van der Waals surface area contributed by atoms with E-state index in [4.69, 9.17) is 5.73 Å². The van der Waals surface area contributed by atoms with E-state index in [2.05, 4.69) is 28.1 Å². The summed E-state index contributed by atoms with van der Waals surface area (Å²) in [6, 6.07) is 14.4. The molecule has 0 aliphatic heterocycles. The van der Waals surface area contributed by atoms with Crippen LogP contribution >= 0.6 is 0 Å². The molecule has 0 amide bonds. The maximum absolute atomic E-state index is 9.43. The van der Waals surface area contributed by atoms with E-state index in [1.54, 1.807) is 0 Å². The van der Waals surface area contributed by atoms with Gasteiger partial charge in [-0.1, -0.05) is 30.3 Å². The van der Waals surface area contributed by atoms with Crippen LogP contribution in [-0.2, 0) is 6.54 Å². The first-order valence-electron chi connectivity index (χ1n) is 7.03. The van der Waals surface area contributed by atoms with Crippen molar-refractivity contribution < 1.29 is 0 Å². The minimum absolute atomic E-state index is 0.540. The number of anilines is 1. The maximum atomic E-state index is 9.43. The fourth-order valence-corrected chi connectivity index (χ4v) is 2.44. The number of pyridine rings is 1. The molecule has 2 N–H and O–H groups in total. The topological polar surface area (TPSA) is 65.9 Å². The van der Waals surface area contributed by atoms with Gasteiger partial charge in [0.25, 0.3) is 0 Å². The van der Waals surface area contributed by atoms with Crippen LogP contribution in [0.2, 0.25) is 0 Å². The van der Waals surface area contributed by atoms with Crippen molar-refractivity contribution in [2.45, 2.75) is 20.4 Å². The molecule has 4 heteroatoms. The zero-order valence-electron chi connectivity index (χ0n) is 12.5. The van der Waals surface area contributed by atoms with Crippen LogP contribution < -0.4 is 10.6 Å². The Morgan fingerprint density at radius 3 is 2.57 bits per heavy atom. The number of nitriles is 1. The lowest BCUT2D eigenvalue weighted by molar-refractivity contribution is 0.785. The van der Waals surface area contributed by atoms with Crippen molar-refractivity contribution in [3.8, 4) is 6.07 Å². The molecular formula is C17H20N4. The molecule has 21 heavy (non-hydrogen) atoms. The summed E-state index contributed by atoms with van der Waals surface area (Å²) in [4.78, 5) is 6.52. The second-order valence-corrected chi connectivity index (χ2v) is 5.05. The number of aryl methyl sites for hydroxylation is 2. The third-order valence-corrected chi connectivity index (χ3v) is 3.38. The highest BCUT2D eigenvalue weighted by Crippen LogP contribution is 2.24. The smallest absolute Gasteiger partial charge is 0.103 e. The van der Waals surface area contributed by atoms with Crippen LogP contribution in [0.25, 0.3) is 0 Å². The number of rotatable bonds is 5. The van der Waals surface area contributed by atoms with E-state index in [0.717, 1.165) is 23.6 Å². The lowest BCUT2D eigenvalue weighted by Crippen LogP contribution is -2.30. The van der Waals surface area contributed by atoms with E-state index < -0.39 is 0 Å². The number of hydrogen-bond acceptors (Lipinski definition) is 4. The summed E-state index contributed by atoms with van der Waals surface area (Å²) in [7, 11) is 0. The quantitative estimate of drug-likeness (QED) is 0.914. The van der Waals surface area contributed by atoms with Gasteiger partial charge in [-0.15, -0.1) is 0 Å². The molecule has 0 bridgehead atoms. The number of aromatic nitrogens is 1. The molecule has 0 aliphatic carbocycles.